The van der Waals surface area contributed by atoms with E-state index in [1.165, 1.54) is 0 Å². The van der Waals surface area contributed by atoms with Crippen molar-refractivity contribution in [2.45, 2.75) is 18.6 Å². The maximum absolute atomic E-state index is 11.9. The monoisotopic (exact) mass is 124 g/mol. The van der Waals surface area contributed by atoms with Crippen LogP contribution < -0.4 is 0 Å². The molecule has 0 aromatic rings. The molecule has 1 fully saturated rings. The van der Waals surface area contributed by atoms with Gasteiger partial charge >= 0.3 is 6.11 Å². The summed E-state index contributed by atoms with van der Waals surface area (Å²) < 4.78 is 27.6. The van der Waals surface area contributed by atoms with E-state index in [1.54, 1.807) is 0 Å². The van der Waals surface area contributed by atoms with Crippen LogP contribution in [0.2, 0.25) is 0 Å². The van der Waals surface area contributed by atoms with Gasteiger partial charge < -0.3 is 9.84 Å². The van der Waals surface area contributed by atoms with Crippen LogP contribution >= 0.6 is 0 Å². The van der Waals surface area contributed by atoms with Crippen molar-refractivity contribution in [3.63, 3.8) is 0 Å². The summed E-state index contributed by atoms with van der Waals surface area (Å²) in [5.41, 5.74) is 0. The quantitative estimate of drug-likeness (QED) is 0.505. The van der Waals surface area contributed by atoms with Gasteiger partial charge in [0.2, 0.25) is 0 Å². The number of aliphatic hydroxyl groups excluding tert-OH is 1. The third kappa shape index (κ3) is 0.809. The van der Waals surface area contributed by atoms with Crippen molar-refractivity contribution < 1.29 is 18.6 Å². The molecule has 8 heavy (non-hydrogen) atoms. The molecule has 0 spiro atoms. The lowest BCUT2D eigenvalue weighted by molar-refractivity contribution is -0.246. The second-order valence-electron chi connectivity index (χ2n) is 1.71. The Bertz CT molecular complexity index is 94.0. The number of hydrogen-bond acceptors (Lipinski definition) is 2. The fourth-order valence-electron chi connectivity index (χ4n) is 0.571. The first kappa shape index (κ1) is 5.91. The van der Waals surface area contributed by atoms with Gasteiger partial charge in [-0.1, -0.05) is 0 Å². The molecule has 1 N–H and O–H groups in total. The number of ether oxygens (including phenoxy) is 1. The van der Waals surface area contributed by atoms with Crippen LogP contribution in [0.15, 0.2) is 0 Å². The molecule has 0 aliphatic carbocycles. The molecular weight excluding hydrogens is 118 g/mol. The summed E-state index contributed by atoms with van der Waals surface area (Å²) in [5, 5.41) is 8.38. The molecule has 0 bridgehead atoms. The van der Waals surface area contributed by atoms with Gasteiger partial charge in [0.15, 0.2) is 0 Å². The summed E-state index contributed by atoms with van der Waals surface area (Å²) >= 11 is 0. The fourth-order valence-corrected chi connectivity index (χ4v) is 0.571. The van der Waals surface area contributed by atoms with Crippen molar-refractivity contribution in [1.29, 1.82) is 0 Å². The van der Waals surface area contributed by atoms with Crippen LogP contribution in [0.3, 0.4) is 0 Å². The average Bonchev–Trinajstić information content (AvgIpc) is 1.86. The highest BCUT2D eigenvalue weighted by atomic mass is 19.3. The third-order valence-corrected chi connectivity index (χ3v) is 1.07. The molecule has 0 amide bonds. The summed E-state index contributed by atoms with van der Waals surface area (Å²) in [6.45, 7) is -0.0475. The number of alkyl halides is 2. The first-order chi connectivity index (χ1) is 3.63. The predicted molar refractivity (Wildman–Crippen MR) is 21.5 cm³/mol. The highest BCUT2D eigenvalue weighted by Gasteiger charge is 2.44. The SMILES string of the molecule is OC1CCOC1(F)F. The maximum Gasteiger partial charge on any atom is 0.381 e. The Morgan fingerprint density at radius 2 is 2.25 bits per heavy atom. The van der Waals surface area contributed by atoms with Crippen LogP contribution in [0.5, 0.6) is 0 Å². The second-order valence-corrected chi connectivity index (χ2v) is 1.71. The summed E-state index contributed by atoms with van der Waals surface area (Å²) in [6, 6.07) is 0. The summed E-state index contributed by atoms with van der Waals surface area (Å²) in [6.07, 6.45) is -4.85. The van der Waals surface area contributed by atoms with E-state index in [1.807, 2.05) is 0 Å². The highest BCUT2D eigenvalue weighted by Crippen LogP contribution is 2.28. The smallest absolute Gasteiger partial charge is 0.381 e. The van der Waals surface area contributed by atoms with Gasteiger partial charge in [-0.2, -0.15) is 8.78 Å². The molecule has 1 heterocycles. The molecule has 4 heteroatoms. The van der Waals surface area contributed by atoms with Crippen LogP contribution in [0.25, 0.3) is 0 Å². The molecule has 0 aromatic carbocycles. The molecule has 1 aliphatic rings. The molecule has 0 aromatic heterocycles. The zero-order chi connectivity index (χ0) is 6.20. The van der Waals surface area contributed by atoms with Gasteiger partial charge in [0, 0.05) is 6.42 Å². The van der Waals surface area contributed by atoms with E-state index in [2.05, 4.69) is 4.74 Å². The van der Waals surface area contributed by atoms with Gasteiger partial charge in [-0.05, 0) is 0 Å². The van der Waals surface area contributed by atoms with Gasteiger partial charge in [-0.15, -0.1) is 0 Å². The zero-order valence-corrected chi connectivity index (χ0v) is 4.10. The Balaban J connectivity index is 2.54. The minimum atomic E-state index is -3.29. The molecule has 0 radical (unpaired) electrons. The molecule has 1 aliphatic heterocycles. The first-order valence-corrected chi connectivity index (χ1v) is 2.33. The van der Waals surface area contributed by atoms with E-state index in [0.29, 0.717) is 0 Å². The van der Waals surface area contributed by atoms with Gasteiger partial charge in [-0.3, -0.25) is 0 Å². The number of rotatable bonds is 0. The normalized spacial score (nSPS) is 35.6. The largest absolute Gasteiger partial charge is 0.384 e. The minimum absolute atomic E-state index is 0.0347. The first-order valence-electron chi connectivity index (χ1n) is 2.33. The van der Waals surface area contributed by atoms with Gasteiger partial charge in [0.05, 0.1) is 6.61 Å². The zero-order valence-electron chi connectivity index (χ0n) is 4.10. The minimum Gasteiger partial charge on any atom is -0.384 e. The lowest BCUT2D eigenvalue weighted by atomic mass is 10.3. The number of halogens is 2. The lowest BCUT2D eigenvalue weighted by Gasteiger charge is -2.09. The fraction of sp³-hybridized carbons (Fsp3) is 1.00. The van der Waals surface area contributed by atoms with Gasteiger partial charge in [-0.25, -0.2) is 0 Å². The molecule has 1 atom stereocenters. The van der Waals surface area contributed by atoms with Crippen molar-refractivity contribution in [3.8, 4) is 0 Å². The number of aliphatic hydroxyl groups is 1. The lowest BCUT2D eigenvalue weighted by Crippen LogP contribution is -2.27. The summed E-state index contributed by atoms with van der Waals surface area (Å²) in [5.74, 6) is 0. The Morgan fingerprint density at radius 1 is 1.62 bits per heavy atom. The predicted octanol–water partition coefficient (Wildman–Crippen LogP) is 0.360. The van der Waals surface area contributed by atoms with E-state index < -0.39 is 12.2 Å². The third-order valence-electron chi connectivity index (χ3n) is 1.07. The van der Waals surface area contributed by atoms with E-state index in [4.69, 9.17) is 5.11 Å². The Morgan fingerprint density at radius 3 is 2.38 bits per heavy atom. The average molecular weight is 124 g/mol. The van der Waals surface area contributed by atoms with Gasteiger partial charge in [0.1, 0.15) is 6.10 Å². The topological polar surface area (TPSA) is 29.5 Å². The van der Waals surface area contributed by atoms with Crippen molar-refractivity contribution >= 4 is 0 Å². The van der Waals surface area contributed by atoms with Crippen molar-refractivity contribution in [2.75, 3.05) is 6.61 Å². The Kier molecular flexibility index (Phi) is 1.21. The Hall–Kier alpha value is -0.220. The molecule has 1 unspecified atom stereocenters. The maximum atomic E-state index is 11.9. The standard InChI is InChI=1S/C4H6F2O2/c5-4(6)3(7)1-2-8-4/h3,7H,1-2H2. The van der Waals surface area contributed by atoms with E-state index in [9.17, 15) is 8.78 Å². The molecule has 2 nitrogen and oxygen atoms in total. The van der Waals surface area contributed by atoms with Crippen LogP contribution in [0, 0.1) is 0 Å². The van der Waals surface area contributed by atoms with Crippen LogP contribution in [0.4, 0.5) is 8.78 Å². The van der Waals surface area contributed by atoms with Crippen LogP contribution in [0.1, 0.15) is 6.42 Å². The second kappa shape index (κ2) is 1.63. The molecular formula is C4H6F2O2. The number of hydrogen-bond donors (Lipinski definition) is 1. The molecule has 48 valence electrons. The van der Waals surface area contributed by atoms with Crippen molar-refractivity contribution in [3.05, 3.63) is 0 Å². The molecule has 1 saturated heterocycles. The highest BCUT2D eigenvalue weighted by molar-refractivity contribution is 4.72. The Labute approximate surface area is 45.1 Å². The van der Waals surface area contributed by atoms with E-state index in [0.717, 1.165) is 0 Å². The van der Waals surface area contributed by atoms with Crippen molar-refractivity contribution in [2.24, 2.45) is 0 Å². The van der Waals surface area contributed by atoms with Crippen molar-refractivity contribution in [1.82, 2.24) is 0 Å². The van der Waals surface area contributed by atoms with E-state index >= 15 is 0 Å². The molecule has 1 rings (SSSR count). The van der Waals surface area contributed by atoms with E-state index in [-0.39, 0.29) is 13.0 Å². The summed E-state index contributed by atoms with van der Waals surface area (Å²) in [7, 11) is 0. The van der Waals surface area contributed by atoms with Crippen LogP contribution in [-0.2, 0) is 4.74 Å². The summed E-state index contributed by atoms with van der Waals surface area (Å²) in [4.78, 5) is 0. The molecule has 0 saturated carbocycles. The van der Waals surface area contributed by atoms with Crippen LogP contribution in [-0.4, -0.2) is 23.9 Å². The van der Waals surface area contributed by atoms with Gasteiger partial charge in [0.25, 0.3) is 0 Å².